The summed E-state index contributed by atoms with van der Waals surface area (Å²) in [5.41, 5.74) is 0.940. The molecule has 0 fully saturated rings. The van der Waals surface area contributed by atoms with E-state index in [4.69, 9.17) is 4.42 Å². The molecule has 2 heterocycles. The first-order chi connectivity index (χ1) is 5.81. The third kappa shape index (κ3) is 1.23. The highest BCUT2D eigenvalue weighted by atomic mass is 32.2. The molecule has 12 heavy (non-hydrogen) atoms. The Morgan fingerprint density at radius 2 is 2.42 bits per heavy atom. The molecule has 0 saturated carbocycles. The van der Waals surface area contributed by atoms with Gasteiger partial charge in [-0.15, -0.1) is 0 Å². The van der Waals surface area contributed by atoms with E-state index >= 15 is 0 Å². The molecule has 0 aliphatic heterocycles. The topological polar surface area (TPSA) is 26.0 Å². The first kappa shape index (κ1) is 8.09. The Bertz CT molecular complexity index is 412. The molecule has 1 unspecified atom stereocenters. The van der Waals surface area contributed by atoms with E-state index < -0.39 is 0 Å². The highest BCUT2D eigenvalue weighted by Gasteiger charge is 2.13. The second kappa shape index (κ2) is 3.08. The van der Waals surface area contributed by atoms with Crippen LogP contribution in [0.3, 0.4) is 0 Å². The van der Waals surface area contributed by atoms with Crippen molar-refractivity contribution in [1.82, 2.24) is 4.98 Å². The summed E-state index contributed by atoms with van der Waals surface area (Å²) in [5.74, 6) is 2.18. The van der Waals surface area contributed by atoms with Crippen LogP contribution in [-0.2, 0) is 6.66 Å². The number of fused-ring (bicyclic) bond motifs is 1. The van der Waals surface area contributed by atoms with Crippen LogP contribution in [0.1, 0.15) is 0 Å². The number of aryl methyl sites for hydroxylation is 1. The van der Waals surface area contributed by atoms with Crippen LogP contribution >= 0.6 is 19.3 Å². The Hall–Kier alpha value is -0.530. The van der Waals surface area contributed by atoms with Crippen LogP contribution < -0.4 is 0 Å². The molecule has 0 N–H and O–H groups in total. The molecule has 0 saturated heterocycles. The van der Waals surface area contributed by atoms with E-state index in [0.29, 0.717) is 0 Å². The van der Waals surface area contributed by atoms with E-state index in [-0.39, 0.29) is 7.53 Å². The molecule has 0 aliphatic rings. The summed E-state index contributed by atoms with van der Waals surface area (Å²) in [7, 11) is -0.222. The van der Waals surface area contributed by atoms with Gasteiger partial charge in [0.15, 0.2) is 13.1 Å². The Kier molecular flexibility index (Phi) is 2.07. The summed E-state index contributed by atoms with van der Waals surface area (Å²) in [5, 5.41) is 1.89. The molecule has 62 valence electrons. The molecule has 1 atom stereocenters. The lowest BCUT2D eigenvalue weighted by molar-refractivity contribution is 0.490. The van der Waals surface area contributed by atoms with Crippen LogP contribution in [0.5, 0.6) is 0 Å². The lowest BCUT2D eigenvalue weighted by atomic mass is 10.5. The zero-order valence-corrected chi connectivity index (χ0v) is 8.65. The van der Waals surface area contributed by atoms with Gasteiger partial charge in [0.05, 0.1) is 0 Å². The molecule has 0 aromatic carbocycles. The van der Waals surface area contributed by atoms with Crippen molar-refractivity contribution in [2.24, 2.45) is 6.66 Å². The van der Waals surface area contributed by atoms with Crippen molar-refractivity contribution in [3.8, 4) is 0 Å². The minimum absolute atomic E-state index is 0.222. The van der Waals surface area contributed by atoms with Gasteiger partial charge in [0.2, 0.25) is 0 Å². The second-order valence-electron chi connectivity index (χ2n) is 2.49. The number of aromatic nitrogens is 1. The van der Waals surface area contributed by atoms with E-state index in [9.17, 15) is 0 Å². The van der Waals surface area contributed by atoms with Crippen LogP contribution in [0.25, 0.3) is 10.8 Å². The van der Waals surface area contributed by atoms with Gasteiger partial charge < -0.3 is 4.42 Å². The van der Waals surface area contributed by atoms with Gasteiger partial charge in [-0.3, -0.25) is 0 Å². The van der Waals surface area contributed by atoms with Crippen LogP contribution in [0.2, 0.25) is 0 Å². The van der Waals surface area contributed by atoms with Crippen molar-refractivity contribution in [3.05, 3.63) is 17.9 Å². The zero-order chi connectivity index (χ0) is 8.55. The largest absolute Gasteiger partial charge is 0.427 e. The molecule has 0 bridgehead atoms. The summed E-state index contributed by atoms with van der Waals surface area (Å²) < 4.78 is 5.49. The number of nitrogens with zero attached hydrogens (tertiary/aromatic N) is 1. The number of oxazole rings is 1. The fourth-order valence-electron chi connectivity index (χ4n) is 1.08. The van der Waals surface area contributed by atoms with Gasteiger partial charge in [-0.25, -0.2) is 0 Å². The van der Waals surface area contributed by atoms with Gasteiger partial charge in [-0.05, 0) is 18.4 Å². The quantitative estimate of drug-likeness (QED) is 0.657. The van der Waals surface area contributed by atoms with Gasteiger partial charge in [-0.2, -0.15) is 4.98 Å². The fourth-order valence-corrected chi connectivity index (χ4v) is 2.71. The van der Waals surface area contributed by atoms with Crippen molar-refractivity contribution in [3.63, 3.8) is 0 Å². The molecular weight excluding hydrogens is 189 g/mol. The average molecular weight is 198 g/mol. The van der Waals surface area contributed by atoms with Gasteiger partial charge in [0.25, 0.3) is 10.5 Å². The van der Waals surface area contributed by atoms with Gasteiger partial charge in [0.1, 0.15) is 12.5 Å². The first-order valence-electron chi connectivity index (χ1n) is 3.60. The zero-order valence-electron chi connectivity index (χ0n) is 6.94. The van der Waals surface area contributed by atoms with E-state index in [1.165, 1.54) is 0 Å². The predicted octanol–water partition coefficient (Wildman–Crippen LogP) is 3.35. The van der Waals surface area contributed by atoms with Gasteiger partial charge in [0, 0.05) is 0 Å². The van der Waals surface area contributed by atoms with Crippen LogP contribution in [0.15, 0.2) is 27.6 Å². The Morgan fingerprint density at radius 3 is 3.08 bits per heavy atom. The number of hydrogen-bond acceptors (Lipinski definition) is 3. The summed E-state index contributed by atoms with van der Waals surface area (Å²) in [6.45, 7) is 2.18. The number of hydrogen-bond donors (Lipinski definition) is 0. The Balaban J connectivity index is 2.74. The standard InChI is InChI=1S/C8H9NOPS/c1-11-5-3-4-6-7(11)9-8(10-6)12-2/h3-5H,1-2H3/q+1. The fraction of sp³-hybridized carbons (Fsp3) is 0.250. The Morgan fingerprint density at radius 1 is 1.58 bits per heavy atom. The van der Waals surface area contributed by atoms with Crippen LogP contribution in [0.4, 0.5) is 0 Å². The highest BCUT2D eigenvalue weighted by Crippen LogP contribution is 2.34. The summed E-state index contributed by atoms with van der Waals surface area (Å²) in [6, 6.07) is 4.02. The molecular formula is C8H9NOPS+. The molecule has 2 rings (SSSR count). The highest BCUT2D eigenvalue weighted by molar-refractivity contribution is 7.98. The molecule has 0 spiro atoms. The van der Waals surface area contributed by atoms with E-state index in [0.717, 1.165) is 16.1 Å². The number of rotatable bonds is 1. The van der Waals surface area contributed by atoms with Crippen molar-refractivity contribution in [1.29, 1.82) is 0 Å². The SMILES string of the molecule is CSc1nc2c(ccc[p+]2C)o1. The van der Waals surface area contributed by atoms with Crippen LogP contribution in [-0.4, -0.2) is 11.2 Å². The van der Waals surface area contributed by atoms with Crippen molar-refractivity contribution in [2.45, 2.75) is 5.22 Å². The Labute approximate surface area is 76.1 Å². The van der Waals surface area contributed by atoms with Gasteiger partial charge in [-0.1, -0.05) is 11.8 Å². The summed E-state index contributed by atoms with van der Waals surface area (Å²) in [4.78, 5) is 4.39. The van der Waals surface area contributed by atoms with E-state index in [1.54, 1.807) is 11.8 Å². The predicted molar refractivity (Wildman–Crippen MR) is 53.9 cm³/mol. The minimum atomic E-state index is -0.222. The minimum Gasteiger partial charge on any atom is -0.427 e. The maximum Gasteiger partial charge on any atom is 0.284 e. The first-order valence-corrected chi connectivity index (χ1v) is 6.68. The normalized spacial score (nSPS) is 12.3. The molecule has 2 aromatic rings. The van der Waals surface area contributed by atoms with E-state index in [2.05, 4.69) is 17.4 Å². The maximum absolute atomic E-state index is 5.49. The average Bonchev–Trinajstić information content (AvgIpc) is 2.49. The smallest absolute Gasteiger partial charge is 0.284 e. The van der Waals surface area contributed by atoms with E-state index in [1.807, 2.05) is 18.4 Å². The monoisotopic (exact) mass is 198 g/mol. The molecule has 2 aromatic heterocycles. The van der Waals surface area contributed by atoms with Crippen molar-refractivity contribution < 1.29 is 4.42 Å². The second-order valence-corrected chi connectivity index (χ2v) is 5.19. The maximum atomic E-state index is 5.49. The number of thioether (sulfide) groups is 1. The summed E-state index contributed by atoms with van der Waals surface area (Å²) in [6.07, 6.45) is 1.97. The van der Waals surface area contributed by atoms with Gasteiger partial charge >= 0.3 is 0 Å². The molecule has 2 nitrogen and oxygen atoms in total. The molecule has 4 heteroatoms. The third-order valence-corrected chi connectivity index (χ3v) is 3.81. The lowest BCUT2D eigenvalue weighted by Gasteiger charge is -1.79. The lowest BCUT2D eigenvalue weighted by Crippen LogP contribution is -1.64. The summed E-state index contributed by atoms with van der Waals surface area (Å²) >= 11 is 1.55. The van der Waals surface area contributed by atoms with Crippen molar-refractivity contribution >= 4 is 30.1 Å². The van der Waals surface area contributed by atoms with Crippen LogP contribution in [0, 0.1) is 0 Å². The third-order valence-electron chi connectivity index (χ3n) is 1.68. The van der Waals surface area contributed by atoms with Crippen molar-refractivity contribution in [2.75, 3.05) is 6.26 Å². The molecule has 0 aliphatic carbocycles. The molecule has 0 amide bonds. The molecule has 0 radical (unpaired) electrons.